The third-order valence-corrected chi connectivity index (χ3v) is 16.1. The molecule has 0 aromatic rings. The summed E-state index contributed by atoms with van der Waals surface area (Å²) in [7, 11) is 9.62. The summed E-state index contributed by atoms with van der Waals surface area (Å²) in [6.07, 6.45) is 1.10. The summed E-state index contributed by atoms with van der Waals surface area (Å²) in [6, 6.07) is -13.2. The lowest BCUT2D eigenvalue weighted by molar-refractivity contribution is -0.157. The highest BCUT2D eigenvalue weighted by Gasteiger charge is 2.46. The van der Waals surface area contributed by atoms with Gasteiger partial charge in [0.1, 0.15) is 60.4 Å². The van der Waals surface area contributed by atoms with Gasteiger partial charge in [-0.25, -0.2) is 0 Å². The molecule has 0 saturated carbocycles. The Morgan fingerprint density at radius 3 is 1.27 bits per heavy atom. The Kier molecular flexibility index (Phi) is 31.7. The number of nitrogens with zero attached hydrogens (tertiary/aromatic N) is 7. The van der Waals surface area contributed by atoms with Crippen LogP contribution >= 0.6 is 0 Å². The van der Waals surface area contributed by atoms with Crippen molar-refractivity contribution in [1.82, 2.24) is 55.6 Å². The van der Waals surface area contributed by atoms with Crippen LogP contribution in [0.15, 0.2) is 12.2 Å². The fourth-order valence-electron chi connectivity index (χ4n) is 10.7. The molecule has 1 heterocycles. The van der Waals surface area contributed by atoms with Crippen LogP contribution in [0.4, 0.5) is 0 Å². The second kappa shape index (κ2) is 35.0. The highest BCUT2D eigenvalue weighted by Crippen LogP contribution is 2.26. The number of hydrogen-bond donors (Lipinski definition) is 6. The number of carbonyl (C=O) groups excluding carboxylic acids is 11. The summed E-state index contributed by atoms with van der Waals surface area (Å²) in [4.78, 5) is 168. The second-order valence-electron chi connectivity index (χ2n) is 26.4. The number of amides is 11. The first-order chi connectivity index (χ1) is 39.6. The number of likely N-dealkylation sites (N-methyl/N-ethyl adjacent to an activating group) is 7. The van der Waals surface area contributed by atoms with E-state index in [1.807, 2.05) is 55.4 Å². The van der Waals surface area contributed by atoms with Crippen molar-refractivity contribution in [1.29, 1.82) is 0 Å². The minimum absolute atomic E-state index is 0.113. The zero-order valence-electron chi connectivity index (χ0n) is 56.4. The van der Waals surface area contributed by atoms with Gasteiger partial charge in [-0.2, -0.15) is 0 Å². The summed E-state index contributed by atoms with van der Waals surface area (Å²) in [6.45, 7) is 28.5. The molecule has 11 amide bonds. The molecular formula is C62H111N11O13. The average Bonchev–Trinajstić information content (AvgIpc) is 2.16. The predicted molar refractivity (Wildman–Crippen MR) is 330 cm³/mol. The smallest absolute Gasteiger partial charge is 0.248 e. The molecule has 13 atom stereocenters. The van der Waals surface area contributed by atoms with Crippen LogP contribution in [0.2, 0.25) is 0 Å². The first-order valence-corrected chi connectivity index (χ1v) is 30.6. The van der Waals surface area contributed by atoms with E-state index in [9.17, 15) is 53.4 Å². The number of hydrogen-bond acceptors (Lipinski definition) is 13. The van der Waals surface area contributed by atoms with E-state index in [-0.39, 0.29) is 55.8 Å². The third-order valence-electron chi connectivity index (χ3n) is 16.1. The molecule has 0 spiro atoms. The summed E-state index contributed by atoms with van der Waals surface area (Å²) >= 11 is 0. The molecule has 0 aromatic heterocycles. The van der Waals surface area contributed by atoms with Crippen molar-refractivity contribution in [3.8, 4) is 0 Å². The van der Waals surface area contributed by atoms with E-state index in [0.29, 0.717) is 0 Å². The fraction of sp³-hybridized carbons (Fsp3) is 0.790. The van der Waals surface area contributed by atoms with E-state index in [1.54, 1.807) is 53.7 Å². The van der Waals surface area contributed by atoms with Gasteiger partial charge in [0.25, 0.3) is 0 Å². The molecule has 0 bridgehead atoms. The molecule has 1 aliphatic rings. The summed E-state index contributed by atoms with van der Waals surface area (Å²) in [5, 5.41) is 34.0. The normalized spacial score (nSPS) is 27.1. The number of rotatable bonds is 15. The van der Waals surface area contributed by atoms with Crippen LogP contribution in [0.25, 0.3) is 0 Å². The van der Waals surface area contributed by atoms with Gasteiger partial charge in [-0.05, 0) is 101 Å². The van der Waals surface area contributed by atoms with Crippen molar-refractivity contribution >= 4 is 65.0 Å². The van der Waals surface area contributed by atoms with Crippen molar-refractivity contribution in [3.63, 3.8) is 0 Å². The molecule has 1 fully saturated rings. The van der Waals surface area contributed by atoms with E-state index in [4.69, 9.17) is 0 Å². The van der Waals surface area contributed by atoms with Crippen LogP contribution in [0, 0.1) is 41.4 Å². The first-order valence-electron chi connectivity index (χ1n) is 30.6. The Morgan fingerprint density at radius 1 is 0.430 bits per heavy atom. The molecule has 0 unspecified atom stereocenters. The number of aliphatic hydroxyl groups excluding tert-OH is 2. The average molecular weight is 1220 g/mol. The summed E-state index contributed by atoms with van der Waals surface area (Å²) in [5.74, 6) is -10.7. The van der Waals surface area contributed by atoms with E-state index >= 15 is 9.59 Å². The molecule has 1 aliphatic heterocycles. The Hall–Kier alpha value is -6.17. The van der Waals surface area contributed by atoms with E-state index in [1.165, 1.54) is 89.7 Å². The van der Waals surface area contributed by atoms with Crippen molar-refractivity contribution < 1.29 is 63.0 Å². The molecule has 86 heavy (non-hydrogen) atoms. The van der Waals surface area contributed by atoms with Crippen molar-refractivity contribution in [2.45, 2.75) is 222 Å². The number of aliphatic hydroxyl groups is 2. The van der Waals surface area contributed by atoms with Gasteiger partial charge in [-0.15, -0.1) is 0 Å². The Morgan fingerprint density at radius 2 is 0.826 bits per heavy atom. The number of allylic oxidation sites excluding steroid dienone is 2. The van der Waals surface area contributed by atoms with Gasteiger partial charge in [-0.3, -0.25) is 52.7 Å². The fourth-order valence-corrected chi connectivity index (χ4v) is 10.7. The first kappa shape index (κ1) is 77.8. The Bertz CT molecular complexity index is 2360. The lowest BCUT2D eigenvalue weighted by Crippen LogP contribution is -2.64. The zero-order valence-corrected chi connectivity index (χ0v) is 56.4. The van der Waals surface area contributed by atoms with Crippen LogP contribution in [0.3, 0.4) is 0 Å². The summed E-state index contributed by atoms with van der Waals surface area (Å²) in [5.41, 5.74) is 0. The maximum absolute atomic E-state index is 15.1. The predicted octanol–water partition coefficient (Wildman–Crippen LogP) is 2.24. The van der Waals surface area contributed by atoms with Crippen molar-refractivity contribution in [2.24, 2.45) is 41.4 Å². The molecule has 1 saturated heterocycles. The number of nitrogens with one attached hydrogen (secondary N) is 4. The van der Waals surface area contributed by atoms with Gasteiger partial charge in [0.2, 0.25) is 65.0 Å². The molecule has 0 aliphatic carbocycles. The van der Waals surface area contributed by atoms with Crippen LogP contribution in [-0.4, -0.2) is 238 Å². The zero-order chi connectivity index (χ0) is 66.8. The van der Waals surface area contributed by atoms with Gasteiger partial charge >= 0.3 is 0 Å². The van der Waals surface area contributed by atoms with Crippen molar-refractivity contribution in [2.75, 3.05) is 55.9 Å². The Balaban J connectivity index is 4.37. The van der Waals surface area contributed by atoms with Crippen LogP contribution in [0.5, 0.6) is 0 Å². The van der Waals surface area contributed by atoms with Crippen LogP contribution < -0.4 is 21.3 Å². The quantitative estimate of drug-likeness (QED) is 0.129. The number of carbonyl (C=O) groups is 11. The molecule has 0 radical (unpaired) electrons. The van der Waals surface area contributed by atoms with Crippen LogP contribution in [-0.2, 0) is 52.7 Å². The Labute approximate surface area is 513 Å². The molecule has 0 aromatic carbocycles. The molecule has 492 valence electrons. The molecule has 1 rings (SSSR count). The third kappa shape index (κ3) is 21.6. The van der Waals surface area contributed by atoms with Crippen molar-refractivity contribution in [3.05, 3.63) is 12.2 Å². The van der Waals surface area contributed by atoms with E-state index in [2.05, 4.69) is 21.3 Å². The minimum atomic E-state index is -1.74. The topological polar surface area (TPSA) is 299 Å². The highest BCUT2D eigenvalue weighted by molar-refractivity contribution is 5.99. The van der Waals surface area contributed by atoms with Gasteiger partial charge in [0.05, 0.1) is 18.8 Å². The molecule has 6 N–H and O–H groups in total. The monoisotopic (exact) mass is 1220 g/mol. The van der Waals surface area contributed by atoms with E-state index in [0.717, 1.165) is 14.7 Å². The lowest BCUT2D eigenvalue weighted by atomic mass is 9.91. The van der Waals surface area contributed by atoms with Gasteiger partial charge in [0.15, 0.2) is 0 Å². The second-order valence-corrected chi connectivity index (χ2v) is 26.4. The van der Waals surface area contributed by atoms with E-state index < -0.39 is 162 Å². The SMILES string of the molecule is C/C=C/C[C@@H](C)[C@H](O)[C@@H]1C(=O)N[C@H]([C@@H](C)O)C(=O)N(C)CC(=O)N(C)[C@H](CC(C)C)C(=O)N[C@H](C(C)C)C(=O)N(C)[C@H](CC(C)C)C(=O)N[C@H](C)C(=O)N[C@H](C)C(=O)N(C)[C@H](CC(C)C)C(=O)N(C)[C@H](CC(C)C)C(=O)N(C)[C@H](C(C)C)C(=O)N1C. The molecular weight excluding hydrogens is 1110 g/mol. The largest absolute Gasteiger partial charge is 0.391 e. The standard InChI is InChI=1S/C62H111N11O13/c1-25-26-27-39(14)52(76)51-56(80)66-49(42(17)74)60(84)67(18)32-47(75)68(19)43(28-33(2)3)55(79)65-48(37(10)11)61(85)69(20)44(29-34(4)5)54(78)63-40(15)53(77)64-41(16)57(81)70(21)45(30-35(6)7)58(82)71(22)46(31-36(8)9)59(83)72(23)50(38(12)13)62(86)73(51)24/h25-26,33-46,48-52,74,76H,27-32H2,1-24H3,(H,63,78)(H,64,77)(H,65,79)(H,66,80)/b26-25+/t39-,40-,41-,42-,43-,44-,45-,46-,48-,49-,50-,51-,52+/m1/s1. The minimum Gasteiger partial charge on any atom is -0.391 e. The van der Waals surface area contributed by atoms with Gasteiger partial charge in [0, 0.05) is 49.3 Å². The molecule has 24 heteroatoms. The summed E-state index contributed by atoms with van der Waals surface area (Å²) < 4.78 is 0. The molecule has 24 nitrogen and oxygen atoms in total. The maximum Gasteiger partial charge on any atom is 0.248 e. The van der Waals surface area contributed by atoms with Gasteiger partial charge in [-0.1, -0.05) is 102 Å². The van der Waals surface area contributed by atoms with Crippen LogP contribution in [0.1, 0.15) is 150 Å². The lowest BCUT2D eigenvalue weighted by Gasteiger charge is -2.41. The van der Waals surface area contributed by atoms with Gasteiger partial charge < -0.3 is 65.8 Å². The maximum atomic E-state index is 15.1. The highest BCUT2D eigenvalue weighted by atomic mass is 16.3.